The monoisotopic (exact) mass is 266 g/mol. The molecule has 1 aromatic rings. The van der Waals surface area contributed by atoms with Crippen molar-refractivity contribution >= 4 is 23.3 Å². The van der Waals surface area contributed by atoms with Crippen molar-refractivity contribution < 1.29 is 4.79 Å². The Kier molecular flexibility index (Phi) is 4.48. The summed E-state index contributed by atoms with van der Waals surface area (Å²) in [5.41, 5.74) is 0.764. The third kappa shape index (κ3) is 3.64. The van der Waals surface area contributed by atoms with Gasteiger partial charge < -0.3 is 10.6 Å². The fraction of sp³-hybridized carbons (Fsp3) is 0.500. The van der Waals surface area contributed by atoms with E-state index in [2.05, 4.69) is 17.6 Å². The number of anilines is 1. The molecule has 3 nitrogen and oxygen atoms in total. The first-order chi connectivity index (χ1) is 8.65. The first-order valence-electron chi connectivity index (χ1n) is 6.48. The van der Waals surface area contributed by atoms with Crippen LogP contribution in [0.4, 0.5) is 10.5 Å². The highest BCUT2D eigenvalue weighted by molar-refractivity contribution is 6.30. The Balaban J connectivity index is 1.86. The third-order valence-corrected chi connectivity index (χ3v) is 3.78. The molecule has 1 saturated carbocycles. The summed E-state index contributed by atoms with van der Waals surface area (Å²) < 4.78 is 0. The van der Waals surface area contributed by atoms with Gasteiger partial charge in [0, 0.05) is 16.8 Å². The third-order valence-electron chi connectivity index (χ3n) is 3.53. The highest BCUT2D eigenvalue weighted by Crippen LogP contribution is 2.23. The van der Waals surface area contributed by atoms with Crippen molar-refractivity contribution in [2.45, 2.75) is 38.6 Å². The summed E-state index contributed by atoms with van der Waals surface area (Å²) in [5, 5.41) is 6.55. The van der Waals surface area contributed by atoms with Gasteiger partial charge in [0.1, 0.15) is 0 Å². The minimum atomic E-state index is -0.129. The minimum Gasteiger partial charge on any atom is -0.335 e. The molecule has 0 saturated heterocycles. The zero-order chi connectivity index (χ0) is 13.0. The minimum absolute atomic E-state index is 0.129. The number of amides is 2. The van der Waals surface area contributed by atoms with E-state index in [9.17, 15) is 4.79 Å². The van der Waals surface area contributed by atoms with Crippen LogP contribution in [0.15, 0.2) is 24.3 Å². The number of halogens is 1. The molecule has 18 heavy (non-hydrogen) atoms. The van der Waals surface area contributed by atoms with Crippen LogP contribution < -0.4 is 10.6 Å². The Hall–Kier alpha value is -1.22. The molecule has 98 valence electrons. The Bertz CT molecular complexity index is 405. The van der Waals surface area contributed by atoms with Crippen molar-refractivity contribution in [3.8, 4) is 0 Å². The maximum atomic E-state index is 11.9. The predicted molar refractivity (Wildman–Crippen MR) is 75.0 cm³/mol. The fourth-order valence-corrected chi connectivity index (χ4v) is 2.53. The van der Waals surface area contributed by atoms with Crippen LogP contribution in [0.2, 0.25) is 5.02 Å². The highest BCUT2D eigenvalue weighted by atomic mass is 35.5. The van der Waals surface area contributed by atoms with Crippen molar-refractivity contribution in [2.75, 3.05) is 5.32 Å². The van der Waals surface area contributed by atoms with Crippen LogP contribution in [0.1, 0.15) is 32.6 Å². The van der Waals surface area contributed by atoms with Crippen molar-refractivity contribution in [3.63, 3.8) is 0 Å². The largest absolute Gasteiger partial charge is 0.335 e. The van der Waals surface area contributed by atoms with Crippen molar-refractivity contribution in [2.24, 2.45) is 5.92 Å². The molecule has 1 fully saturated rings. The number of carbonyl (C=O) groups is 1. The Morgan fingerprint density at radius 2 is 1.89 bits per heavy atom. The lowest BCUT2D eigenvalue weighted by Crippen LogP contribution is -2.43. The van der Waals surface area contributed by atoms with Gasteiger partial charge in [0.15, 0.2) is 0 Å². The summed E-state index contributed by atoms with van der Waals surface area (Å²) in [4.78, 5) is 11.9. The number of hydrogen-bond acceptors (Lipinski definition) is 1. The summed E-state index contributed by atoms with van der Waals surface area (Å²) in [7, 11) is 0. The van der Waals surface area contributed by atoms with E-state index < -0.39 is 0 Å². The summed E-state index contributed by atoms with van der Waals surface area (Å²) in [6.07, 6.45) is 4.76. The molecule has 0 spiro atoms. The SMILES string of the molecule is C[C@@H]1CCCC[C@@H]1NC(=O)Nc1ccc(Cl)cc1. The van der Waals surface area contributed by atoms with Crippen molar-refractivity contribution in [3.05, 3.63) is 29.3 Å². The molecule has 4 heteroatoms. The quantitative estimate of drug-likeness (QED) is 0.833. The maximum absolute atomic E-state index is 11.9. The molecule has 0 bridgehead atoms. The van der Waals surface area contributed by atoms with E-state index in [1.807, 2.05) is 0 Å². The van der Waals surface area contributed by atoms with Crippen LogP contribution >= 0.6 is 11.6 Å². The number of carbonyl (C=O) groups excluding carboxylic acids is 1. The van der Waals surface area contributed by atoms with Gasteiger partial charge in [-0.15, -0.1) is 0 Å². The second-order valence-corrected chi connectivity index (χ2v) is 5.41. The number of hydrogen-bond donors (Lipinski definition) is 2. The Morgan fingerprint density at radius 3 is 2.56 bits per heavy atom. The van der Waals surface area contributed by atoms with E-state index >= 15 is 0 Å². The van der Waals surface area contributed by atoms with Gasteiger partial charge >= 0.3 is 6.03 Å². The lowest BCUT2D eigenvalue weighted by atomic mass is 9.86. The van der Waals surface area contributed by atoms with E-state index in [0.29, 0.717) is 17.0 Å². The topological polar surface area (TPSA) is 41.1 Å². The molecule has 2 atom stereocenters. The standard InChI is InChI=1S/C14H19ClN2O/c1-10-4-2-3-5-13(10)17-14(18)16-12-8-6-11(15)7-9-12/h6-10,13H,2-5H2,1H3,(H2,16,17,18)/t10-,13+/m1/s1. The van der Waals surface area contributed by atoms with Crippen molar-refractivity contribution in [1.82, 2.24) is 5.32 Å². The van der Waals surface area contributed by atoms with E-state index in [1.165, 1.54) is 19.3 Å². The van der Waals surface area contributed by atoms with Crippen LogP contribution in [-0.4, -0.2) is 12.1 Å². The summed E-state index contributed by atoms with van der Waals surface area (Å²) in [6, 6.07) is 7.29. The number of urea groups is 1. The van der Waals surface area contributed by atoms with Gasteiger partial charge in [-0.1, -0.05) is 31.4 Å². The van der Waals surface area contributed by atoms with Gasteiger partial charge in [-0.2, -0.15) is 0 Å². The van der Waals surface area contributed by atoms with Crippen LogP contribution in [0.5, 0.6) is 0 Å². The maximum Gasteiger partial charge on any atom is 0.319 e. The average Bonchev–Trinajstić information content (AvgIpc) is 2.35. The fourth-order valence-electron chi connectivity index (χ4n) is 2.40. The van der Waals surface area contributed by atoms with Gasteiger partial charge in [0.25, 0.3) is 0 Å². The van der Waals surface area contributed by atoms with E-state index in [-0.39, 0.29) is 6.03 Å². The van der Waals surface area contributed by atoms with E-state index in [1.54, 1.807) is 24.3 Å². The molecule has 0 aromatic heterocycles. The van der Waals surface area contributed by atoms with Gasteiger partial charge in [-0.05, 0) is 43.0 Å². The molecule has 2 rings (SSSR count). The normalized spacial score (nSPS) is 23.4. The van der Waals surface area contributed by atoms with E-state index in [0.717, 1.165) is 12.1 Å². The second-order valence-electron chi connectivity index (χ2n) is 4.97. The Morgan fingerprint density at radius 1 is 1.22 bits per heavy atom. The molecular weight excluding hydrogens is 248 g/mol. The van der Waals surface area contributed by atoms with Crippen LogP contribution in [0, 0.1) is 5.92 Å². The molecule has 1 aliphatic carbocycles. The lowest BCUT2D eigenvalue weighted by molar-refractivity contribution is 0.232. The number of rotatable bonds is 2. The van der Waals surface area contributed by atoms with Gasteiger partial charge in [-0.3, -0.25) is 0 Å². The molecule has 1 aromatic carbocycles. The molecular formula is C14H19ClN2O. The molecule has 2 amide bonds. The molecule has 0 heterocycles. The smallest absolute Gasteiger partial charge is 0.319 e. The van der Waals surface area contributed by atoms with Gasteiger partial charge in [0.2, 0.25) is 0 Å². The first-order valence-corrected chi connectivity index (χ1v) is 6.86. The first kappa shape index (κ1) is 13.2. The number of benzene rings is 1. The Labute approximate surface area is 113 Å². The highest BCUT2D eigenvalue weighted by Gasteiger charge is 2.22. The molecule has 1 aliphatic rings. The summed E-state index contributed by atoms with van der Waals surface area (Å²) in [5.74, 6) is 0.565. The predicted octanol–water partition coefficient (Wildman–Crippen LogP) is 4.04. The van der Waals surface area contributed by atoms with Gasteiger partial charge in [0.05, 0.1) is 0 Å². The molecule has 0 radical (unpaired) electrons. The summed E-state index contributed by atoms with van der Waals surface area (Å²) >= 11 is 5.79. The summed E-state index contributed by atoms with van der Waals surface area (Å²) in [6.45, 7) is 2.20. The van der Waals surface area contributed by atoms with Crippen LogP contribution in [0.3, 0.4) is 0 Å². The van der Waals surface area contributed by atoms with Crippen LogP contribution in [0.25, 0.3) is 0 Å². The second kappa shape index (κ2) is 6.10. The zero-order valence-corrected chi connectivity index (χ0v) is 11.3. The average molecular weight is 267 g/mol. The van der Waals surface area contributed by atoms with Gasteiger partial charge in [-0.25, -0.2) is 4.79 Å². The van der Waals surface area contributed by atoms with Crippen LogP contribution in [-0.2, 0) is 0 Å². The molecule has 2 N–H and O–H groups in total. The van der Waals surface area contributed by atoms with Crippen molar-refractivity contribution in [1.29, 1.82) is 0 Å². The lowest BCUT2D eigenvalue weighted by Gasteiger charge is -2.29. The van der Waals surface area contributed by atoms with E-state index in [4.69, 9.17) is 11.6 Å². The molecule has 0 aliphatic heterocycles. The number of nitrogens with one attached hydrogen (secondary N) is 2. The zero-order valence-electron chi connectivity index (χ0n) is 10.6. The molecule has 0 unspecified atom stereocenters.